The van der Waals surface area contributed by atoms with Crippen LogP contribution in [0.2, 0.25) is 0 Å². The van der Waals surface area contributed by atoms with Gasteiger partial charge in [-0.25, -0.2) is 4.79 Å². The minimum atomic E-state index is -0.769. The summed E-state index contributed by atoms with van der Waals surface area (Å²) in [6.07, 6.45) is 4.44. The Bertz CT molecular complexity index is 622. The number of imide groups is 1. The predicted octanol–water partition coefficient (Wildman–Crippen LogP) is -0.129. The van der Waals surface area contributed by atoms with Crippen LogP contribution in [0.1, 0.15) is 58.3 Å². The van der Waals surface area contributed by atoms with Gasteiger partial charge in [0.2, 0.25) is 11.8 Å². The van der Waals surface area contributed by atoms with Crippen LogP contribution in [0, 0.1) is 0 Å². The quantitative estimate of drug-likeness (QED) is 0.272. The third-order valence-corrected chi connectivity index (χ3v) is 4.99. The highest BCUT2D eigenvalue weighted by Gasteiger charge is 2.32. The largest absolute Gasteiger partial charge is 0.355 e. The maximum Gasteiger partial charge on any atom is 0.334 e. The maximum absolute atomic E-state index is 12.0. The molecule has 2 saturated heterocycles. The summed E-state index contributed by atoms with van der Waals surface area (Å²) in [5.74, 6) is -2.26. The van der Waals surface area contributed by atoms with E-state index in [4.69, 9.17) is 4.84 Å². The molecule has 1 unspecified atom stereocenters. The second-order valence-corrected chi connectivity index (χ2v) is 7.30. The van der Waals surface area contributed by atoms with Gasteiger partial charge in [-0.15, -0.1) is 5.06 Å². The number of nitrogens with one attached hydrogen (secondary N) is 2. The van der Waals surface area contributed by atoms with Gasteiger partial charge in [0, 0.05) is 38.4 Å². The standard InChI is InChI=1S/C19H30N4O6/c1-2-4-14-5-3-12-22(14)13-16(25)21-10-8-15(24)20-11-9-19(28)29-23-17(26)6-7-18(23)27/h14H,2-13H2,1H3,(H,20,24)(H,21,25)/i1+1,2+1,9+1,11+1,13+1,16+1,19+1,20+1,22+1. The Balaban J connectivity index is 1.54. The van der Waals surface area contributed by atoms with Gasteiger partial charge in [0.1, 0.15) is 0 Å². The zero-order valence-corrected chi connectivity index (χ0v) is 16.9. The lowest BCUT2D eigenvalue weighted by Crippen LogP contribution is -2.41. The molecule has 2 aliphatic heterocycles. The number of amides is 4. The molecule has 0 aromatic heterocycles. The Morgan fingerprint density at radius 1 is 1.03 bits per heavy atom. The summed E-state index contributed by atoms with van der Waals surface area (Å²) in [5, 5.41) is 5.76. The van der Waals surface area contributed by atoms with Crippen LogP contribution in [0.3, 0.4) is 0 Å². The number of rotatable bonds is 11. The molecule has 0 aromatic rings. The van der Waals surface area contributed by atoms with Crippen LogP contribution in [0.4, 0.5) is 0 Å². The molecule has 0 radical (unpaired) electrons. The van der Waals surface area contributed by atoms with Gasteiger partial charge in [0.15, 0.2) is 0 Å². The lowest BCUT2D eigenvalue weighted by atomic mass is 10.2. The summed E-state index contributed by atoms with van der Waals surface area (Å²) in [6, 6.07) is 0.472. The van der Waals surface area contributed by atoms with Gasteiger partial charge >= 0.3 is 5.97 Å². The zero-order valence-electron chi connectivity index (χ0n) is 16.9. The van der Waals surface area contributed by atoms with Gasteiger partial charge in [-0.3, -0.25) is 24.1 Å². The number of hydroxylamine groups is 2. The smallest absolute Gasteiger partial charge is 0.334 e. The first-order valence-electron chi connectivity index (χ1n) is 10.2. The van der Waals surface area contributed by atoms with E-state index in [-0.39, 0.29) is 50.6 Å². The summed E-state index contributed by atoms with van der Waals surface area (Å²) in [6.45, 7) is 3.67. The minimum absolute atomic E-state index is 0.0221. The third kappa shape index (κ3) is 7.45. The summed E-state index contributed by atoms with van der Waals surface area (Å²) >= 11 is 0. The fraction of sp³-hybridized carbons (Fsp3) is 0.737. The summed E-state index contributed by atoms with van der Waals surface area (Å²) < 4.78 is 0. The molecule has 10 nitrogen and oxygen atoms in total. The molecule has 0 bridgehead atoms. The van der Waals surface area contributed by atoms with Crippen molar-refractivity contribution in [3.63, 3.8) is 0 Å². The Labute approximate surface area is 170 Å². The molecule has 162 valence electrons. The van der Waals surface area contributed by atoms with Crippen LogP contribution in [-0.4, -0.2) is 71.8 Å². The molecule has 0 aliphatic carbocycles. The van der Waals surface area contributed by atoms with Crippen LogP contribution >= 0.6 is 0 Å². The first kappa shape index (κ1) is 22.8. The molecule has 4 amide bonds. The van der Waals surface area contributed by atoms with Gasteiger partial charge in [-0.05, 0) is 25.8 Å². The molecule has 10 heteroatoms. The maximum atomic E-state index is 12.0. The van der Waals surface area contributed by atoms with E-state index in [2.05, 4.69) is 22.5 Å². The Hall–Kier alpha value is -2.49. The van der Waals surface area contributed by atoms with Crippen molar-refractivity contribution in [3.8, 4) is 0 Å². The molecule has 2 rings (SSSR count). The van der Waals surface area contributed by atoms with Crippen molar-refractivity contribution < 1.29 is 28.8 Å². The molecule has 2 N–H and O–H groups in total. The molecule has 1 atom stereocenters. The second-order valence-electron chi connectivity index (χ2n) is 7.30. The minimum Gasteiger partial charge on any atom is -0.355 e. The molecule has 0 spiro atoms. The van der Waals surface area contributed by atoms with Crippen molar-refractivity contribution in [2.45, 2.75) is 64.3 Å². The Morgan fingerprint density at radius 3 is 2.38 bits per heavy atom. The number of nitrogens with zero attached hydrogens (tertiary/aromatic N) is 2. The monoisotopic (exact) mass is 419 g/mol. The van der Waals surface area contributed by atoms with Crippen molar-refractivity contribution in [2.75, 3.05) is 26.2 Å². The van der Waals surface area contributed by atoms with E-state index in [0.29, 0.717) is 17.6 Å². The summed E-state index contributed by atoms with van der Waals surface area (Å²) in [4.78, 5) is 65.1. The number of carbonyl (C=O) groups is 5. The third-order valence-electron chi connectivity index (χ3n) is 4.99. The average molecular weight is 419 g/mol. The topological polar surface area (TPSA) is 125 Å². The van der Waals surface area contributed by atoms with Crippen molar-refractivity contribution in [2.24, 2.45) is 0 Å². The number of likely N-dealkylation sites (tertiary alicyclic amines) is 1. The zero-order chi connectivity index (χ0) is 21.2. The highest BCUT2D eigenvalue weighted by atomic mass is 16.8. The lowest BCUT2D eigenvalue weighted by molar-refractivity contribution is -0.197. The van der Waals surface area contributed by atoms with Gasteiger partial charge in [-0.1, -0.05) is 13.3 Å². The van der Waals surface area contributed by atoms with Crippen LogP contribution in [0.5, 0.6) is 0 Å². The van der Waals surface area contributed by atoms with Crippen molar-refractivity contribution in [3.05, 3.63) is 0 Å². The Morgan fingerprint density at radius 2 is 1.69 bits per heavy atom. The molecule has 29 heavy (non-hydrogen) atoms. The average Bonchev–Trinajstić information content (AvgIpc) is 3.23. The molecular weight excluding hydrogens is 389 g/mol. The van der Waals surface area contributed by atoms with E-state index >= 15 is 0 Å². The first-order chi connectivity index (χ1) is 13.9. The number of hydrogen-bond donors (Lipinski definition) is 2. The van der Waals surface area contributed by atoms with Gasteiger partial charge in [0.05, 0.1) is 13.0 Å². The fourth-order valence-corrected chi connectivity index (χ4v) is 3.52. The van der Waals surface area contributed by atoms with Crippen LogP contribution in [0.15, 0.2) is 0 Å². The Kier molecular flexibility index (Phi) is 9.04. The molecule has 2 heterocycles. The van der Waals surface area contributed by atoms with Crippen molar-refractivity contribution in [1.82, 2.24) is 20.6 Å². The first-order valence-corrected chi connectivity index (χ1v) is 10.2. The SMILES string of the molecule is [13CH3][13CH2]CC1CCC[15N]1[13CH2][13C](=O)NCCC(=O)[15NH][13CH2][13CH2][13C](=O)ON1C(=O)CCC1=O. The number of hydrogen-bond acceptors (Lipinski definition) is 7. The molecule has 2 aliphatic rings. The van der Waals surface area contributed by atoms with E-state index in [1.54, 1.807) is 0 Å². The molecular formula is C19H30N4O6. The molecule has 0 saturated carbocycles. The summed E-state index contributed by atoms with van der Waals surface area (Å²) in [7, 11) is 0. The van der Waals surface area contributed by atoms with Crippen LogP contribution in [0.25, 0.3) is 0 Å². The van der Waals surface area contributed by atoms with Gasteiger partial charge in [-0.2, -0.15) is 0 Å². The summed E-state index contributed by atoms with van der Waals surface area (Å²) in [5.41, 5.74) is 0. The van der Waals surface area contributed by atoms with E-state index in [9.17, 15) is 24.0 Å². The highest BCUT2D eigenvalue weighted by molar-refractivity contribution is 6.01. The van der Waals surface area contributed by atoms with E-state index < -0.39 is 17.8 Å². The predicted molar refractivity (Wildman–Crippen MR) is 102 cm³/mol. The van der Waals surface area contributed by atoms with Gasteiger partial charge in [0.25, 0.3) is 11.8 Å². The normalized spacial score (nSPS) is 19.5. The van der Waals surface area contributed by atoms with Crippen LogP contribution < -0.4 is 10.6 Å². The lowest BCUT2D eigenvalue weighted by Gasteiger charge is -2.23. The van der Waals surface area contributed by atoms with Crippen LogP contribution in [-0.2, 0) is 28.8 Å². The second kappa shape index (κ2) is 11.5. The highest BCUT2D eigenvalue weighted by Crippen LogP contribution is 2.20. The molecule has 2 fully saturated rings. The van der Waals surface area contributed by atoms with E-state index in [0.717, 1.165) is 32.2 Å². The fourth-order valence-electron chi connectivity index (χ4n) is 3.52. The molecule has 0 aromatic carbocycles. The van der Waals surface area contributed by atoms with Crippen molar-refractivity contribution in [1.29, 1.82) is 0 Å². The van der Waals surface area contributed by atoms with Crippen molar-refractivity contribution >= 4 is 29.6 Å². The van der Waals surface area contributed by atoms with E-state index in [1.165, 1.54) is 0 Å². The van der Waals surface area contributed by atoms with Gasteiger partial charge < -0.3 is 15.5 Å². The number of carbonyl (C=O) groups excluding carboxylic acids is 5. The van der Waals surface area contributed by atoms with E-state index in [1.807, 2.05) is 0 Å².